The highest BCUT2D eigenvalue weighted by atomic mass is 19.1. The predicted octanol–water partition coefficient (Wildman–Crippen LogP) is 2.74. The molecular formula is C14H15FN2O. The van der Waals surface area contributed by atoms with E-state index in [1.54, 1.807) is 18.2 Å². The quantitative estimate of drug-likeness (QED) is 0.760. The molecule has 1 aromatic rings. The maximum atomic E-state index is 13.5. The van der Waals surface area contributed by atoms with Crippen LogP contribution in [0, 0.1) is 11.2 Å². The molecule has 2 rings (SSSR count). The van der Waals surface area contributed by atoms with Gasteiger partial charge in [0.25, 0.3) is 5.91 Å². The third-order valence-corrected chi connectivity index (χ3v) is 2.60. The van der Waals surface area contributed by atoms with Gasteiger partial charge >= 0.3 is 0 Å². The van der Waals surface area contributed by atoms with Gasteiger partial charge < -0.3 is 5.32 Å². The molecule has 0 saturated carbocycles. The largest absolute Gasteiger partial charge is 0.308 e. The Morgan fingerprint density at radius 3 is 2.50 bits per heavy atom. The molecular weight excluding hydrogens is 231 g/mol. The molecule has 0 unspecified atom stereocenters. The van der Waals surface area contributed by atoms with Crippen LogP contribution < -0.4 is 5.32 Å². The number of nitrogens with one attached hydrogen (secondary N) is 1. The Kier molecular flexibility index (Phi) is 3.03. The topological polar surface area (TPSA) is 41.5 Å². The zero-order valence-corrected chi connectivity index (χ0v) is 10.6. The fourth-order valence-corrected chi connectivity index (χ4v) is 1.56. The van der Waals surface area contributed by atoms with Gasteiger partial charge in [0.05, 0.1) is 0 Å². The van der Waals surface area contributed by atoms with E-state index in [0.717, 1.165) is 0 Å². The summed E-state index contributed by atoms with van der Waals surface area (Å²) in [5.74, 6) is -0.0459. The Morgan fingerprint density at radius 1 is 1.28 bits per heavy atom. The average molecular weight is 246 g/mol. The van der Waals surface area contributed by atoms with Crippen LogP contribution in [0.2, 0.25) is 0 Å². The lowest BCUT2D eigenvalue weighted by molar-refractivity contribution is -0.115. The van der Waals surface area contributed by atoms with Gasteiger partial charge in [-0.1, -0.05) is 39.0 Å². The van der Waals surface area contributed by atoms with Gasteiger partial charge in [-0.2, -0.15) is 0 Å². The first-order valence-corrected chi connectivity index (χ1v) is 5.75. The van der Waals surface area contributed by atoms with Crippen LogP contribution in [0.3, 0.4) is 0 Å². The van der Waals surface area contributed by atoms with Crippen LogP contribution in [0.15, 0.2) is 35.0 Å². The van der Waals surface area contributed by atoms with E-state index in [0.29, 0.717) is 11.4 Å². The van der Waals surface area contributed by atoms with Crippen molar-refractivity contribution in [3.05, 3.63) is 41.3 Å². The Labute approximate surface area is 105 Å². The number of nitrogens with zero attached hydrogens (tertiary/aromatic N) is 1. The van der Waals surface area contributed by atoms with Gasteiger partial charge in [0, 0.05) is 11.0 Å². The molecule has 1 amide bonds. The predicted molar refractivity (Wildman–Crippen MR) is 69.4 cm³/mol. The van der Waals surface area contributed by atoms with Gasteiger partial charge in [-0.25, -0.2) is 9.38 Å². The molecule has 0 aromatic heterocycles. The minimum Gasteiger partial charge on any atom is -0.308 e. The summed E-state index contributed by atoms with van der Waals surface area (Å²) in [5.41, 5.74) is 0.368. The van der Waals surface area contributed by atoms with Crippen molar-refractivity contribution in [3.8, 4) is 0 Å². The van der Waals surface area contributed by atoms with Crippen molar-refractivity contribution in [2.24, 2.45) is 10.4 Å². The molecule has 1 aromatic carbocycles. The summed E-state index contributed by atoms with van der Waals surface area (Å²) >= 11 is 0. The monoisotopic (exact) mass is 246 g/mol. The molecule has 18 heavy (non-hydrogen) atoms. The van der Waals surface area contributed by atoms with Gasteiger partial charge in [0.15, 0.2) is 0 Å². The molecule has 4 heteroatoms. The van der Waals surface area contributed by atoms with Crippen molar-refractivity contribution in [1.82, 2.24) is 5.32 Å². The highest BCUT2D eigenvalue weighted by molar-refractivity contribution is 6.15. The summed E-state index contributed by atoms with van der Waals surface area (Å²) in [4.78, 5) is 16.0. The summed E-state index contributed by atoms with van der Waals surface area (Å²) in [6.07, 6.45) is 1.46. The van der Waals surface area contributed by atoms with E-state index in [-0.39, 0.29) is 22.8 Å². The number of rotatable bonds is 1. The van der Waals surface area contributed by atoms with Crippen LogP contribution in [0.5, 0.6) is 0 Å². The van der Waals surface area contributed by atoms with Gasteiger partial charge in [0.2, 0.25) is 0 Å². The molecule has 94 valence electrons. The smallest absolute Gasteiger partial charge is 0.275 e. The summed E-state index contributed by atoms with van der Waals surface area (Å²) in [6.45, 7) is 5.87. The summed E-state index contributed by atoms with van der Waals surface area (Å²) in [5, 5.41) is 2.70. The number of benzene rings is 1. The summed E-state index contributed by atoms with van der Waals surface area (Å²) in [6, 6.07) is 6.29. The van der Waals surface area contributed by atoms with E-state index in [9.17, 15) is 9.18 Å². The van der Waals surface area contributed by atoms with Gasteiger partial charge in [-0.05, 0) is 12.1 Å². The molecule has 1 aliphatic rings. The fraction of sp³-hybridized carbons (Fsp3) is 0.286. The van der Waals surface area contributed by atoms with Crippen molar-refractivity contribution >= 4 is 17.8 Å². The minimum atomic E-state index is -0.364. The van der Waals surface area contributed by atoms with Crippen LogP contribution in [-0.4, -0.2) is 11.7 Å². The van der Waals surface area contributed by atoms with Crippen molar-refractivity contribution in [3.63, 3.8) is 0 Å². The van der Waals surface area contributed by atoms with Gasteiger partial charge in [0.1, 0.15) is 17.3 Å². The van der Waals surface area contributed by atoms with E-state index >= 15 is 0 Å². The maximum Gasteiger partial charge on any atom is 0.275 e. The number of halogens is 1. The van der Waals surface area contributed by atoms with E-state index in [2.05, 4.69) is 10.3 Å². The number of hydrogen-bond donors (Lipinski definition) is 1. The Balaban J connectivity index is 2.38. The minimum absolute atomic E-state index is 0.236. The zero-order chi connectivity index (χ0) is 13.3. The lowest BCUT2D eigenvalue weighted by Crippen LogP contribution is -2.34. The van der Waals surface area contributed by atoms with Gasteiger partial charge in [-0.15, -0.1) is 0 Å². The second-order valence-corrected chi connectivity index (χ2v) is 5.22. The molecule has 1 heterocycles. The molecule has 0 bridgehead atoms. The molecule has 0 radical (unpaired) electrons. The van der Waals surface area contributed by atoms with Crippen LogP contribution in [0.1, 0.15) is 26.3 Å². The normalized spacial score (nSPS) is 17.9. The molecule has 0 aliphatic carbocycles. The number of hydrogen-bond acceptors (Lipinski definition) is 2. The molecule has 1 N–H and O–H groups in total. The van der Waals surface area contributed by atoms with E-state index in [4.69, 9.17) is 0 Å². The second-order valence-electron chi connectivity index (χ2n) is 5.22. The first kappa shape index (κ1) is 12.5. The Bertz CT molecular complexity index is 553. The highest BCUT2D eigenvalue weighted by Gasteiger charge is 2.28. The Morgan fingerprint density at radius 2 is 1.94 bits per heavy atom. The van der Waals surface area contributed by atoms with Crippen molar-refractivity contribution in [2.75, 3.05) is 0 Å². The van der Waals surface area contributed by atoms with Crippen molar-refractivity contribution < 1.29 is 9.18 Å². The fourth-order valence-electron chi connectivity index (χ4n) is 1.56. The number of amidine groups is 1. The van der Waals surface area contributed by atoms with E-state index in [1.165, 1.54) is 12.1 Å². The summed E-state index contributed by atoms with van der Waals surface area (Å²) < 4.78 is 13.5. The van der Waals surface area contributed by atoms with Crippen LogP contribution >= 0.6 is 0 Å². The third kappa shape index (κ3) is 2.47. The van der Waals surface area contributed by atoms with E-state index < -0.39 is 0 Å². The van der Waals surface area contributed by atoms with Crippen LogP contribution in [0.4, 0.5) is 4.39 Å². The summed E-state index contributed by atoms with van der Waals surface area (Å²) in [7, 11) is 0. The van der Waals surface area contributed by atoms with E-state index in [1.807, 2.05) is 20.8 Å². The number of aliphatic imine (C=N–C) groups is 1. The second kappa shape index (κ2) is 4.37. The number of amides is 1. The lowest BCUT2D eigenvalue weighted by atomic mass is 9.95. The van der Waals surface area contributed by atoms with Crippen LogP contribution in [-0.2, 0) is 4.79 Å². The Hall–Kier alpha value is -1.97. The van der Waals surface area contributed by atoms with Crippen molar-refractivity contribution in [1.29, 1.82) is 0 Å². The third-order valence-electron chi connectivity index (χ3n) is 2.60. The molecule has 1 aliphatic heterocycles. The van der Waals surface area contributed by atoms with Crippen LogP contribution in [0.25, 0.3) is 6.08 Å². The zero-order valence-electron chi connectivity index (χ0n) is 10.6. The first-order valence-electron chi connectivity index (χ1n) is 5.75. The first-order chi connectivity index (χ1) is 8.38. The number of carbonyl (C=O) groups excluding carboxylic acids is 1. The average Bonchev–Trinajstić information content (AvgIpc) is 2.63. The van der Waals surface area contributed by atoms with Gasteiger partial charge in [-0.3, -0.25) is 4.79 Å². The molecule has 0 spiro atoms. The lowest BCUT2D eigenvalue weighted by Gasteiger charge is -2.16. The molecule has 3 nitrogen and oxygen atoms in total. The number of carbonyl (C=O) groups is 1. The highest BCUT2D eigenvalue weighted by Crippen LogP contribution is 2.22. The standard InChI is InChI=1S/C14H15FN2O/c1-14(2,3)13-16-11(12(18)17-13)8-9-6-4-5-7-10(9)15/h4-8H,1-3H3,(H,16,17,18)/b11-8-. The van der Waals surface area contributed by atoms with Crippen molar-refractivity contribution in [2.45, 2.75) is 20.8 Å². The SMILES string of the molecule is CC(C)(C)C1=N/C(=C\c2ccccc2F)C(=O)N1. The maximum absolute atomic E-state index is 13.5. The molecule has 0 atom stereocenters. The molecule has 0 saturated heterocycles. The molecule has 0 fully saturated rings.